The molecule has 0 heterocycles. The summed E-state index contributed by atoms with van der Waals surface area (Å²) < 4.78 is 33.1. The Bertz CT molecular complexity index is 1180. The predicted octanol–water partition coefficient (Wildman–Crippen LogP) is 4.05. The number of rotatable bonds is 13. The molecule has 2 amide bonds. The third kappa shape index (κ3) is 18.5. The van der Waals surface area contributed by atoms with Crippen LogP contribution in [0.1, 0.15) is 90.3 Å². The van der Waals surface area contributed by atoms with Crippen LogP contribution in [0.5, 0.6) is 0 Å². The maximum atomic E-state index is 12.2. The molecule has 2 aliphatic carbocycles. The van der Waals surface area contributed by atoms with E-state index >= 15 is 0 Å². The first-order valence-electron chi connectivity index (χ1n) is 16.3. The number of carbonyl (C=O) groups excluding carboxylic acids is 5. The molecule has 2 rings (SSSR count). The van der Waals surface area contributed by atoms with E-state index < -0.39 is 54.1 Å². The van der Waals surface area contributed by atoms with Crippen molar-refractivity contribution < 1.29 is 58.9 Å². The van der Waals surface area contributed by atoms with Crippen molar-refractivity contribution in [2.45, 2.75) is 125 Å². The molecule has 0 aromatic heterocycles. The highest BCUT2D eigenvalue weighted by atomic mass is 32.1. The SMILES string of the molecule is C.C.COC(=O)C[C@H]1CC(C(=O)O)=C[C@@H](OC(C)C)[C@@H]1NC(C)=O.CS.[3H]CCOC(=O)C1=C[C@@H](OC(C)C)[C@H](NC(C)=O)[C@@H](CC(=O)OC)C1. The van der Waals surface area contributed by atoms with Crippen LogP contribution < -0.4 is 10.6 Å². The fourth-order valence-electron chi connectivity index (χ4n) is 5.33. The quantitative estimate of drug-likeness (QED) is 0.121. The number of aliphatic carboxylic acids is 1. The Hall–Kier alpha value is -3.43. The van der Waals surface area contributed by atoms with Crippen molar-refractivity contribution >= 4 is 48.3 Å². The van der Waals surface area contributed by atoms with Gasteiger partial charge in [-0.15, -0.1) is 0 Å². The van der Waals surface area contributed by atoms with Crippen molar-refractivity contribution in [1.82, 2.24) is 10.6 Å². The third-order valence-corrected chi connectivity index (χ3v) is 7.10. The second kappa shape index (κ2) is 26.4. The fourth-order valence-corrected chi connectivity index (χ4v) is 5.33. The molecule has 0 spiro atoms. The van der Waals surface area contributed by atoms with Gasteiger partial charge in [0.1, 0.15) is 0 Å². The molecule has 0 bridgehead atoms. The van der Waals surface area contributed by atoms with Gasteiger partial charge in [0.25, 0.3) is 0 Å². The molecule has 0 radical (unpaired) electrons. The van der Waals surface area contributed by atoms with Gasteiger partial charge >= 0.3 is 23.9 Å². The zero-order valence-electron chi connectivity index (χ0n) is 30.4. The first kappa shape index (κ1) is 48.7. The zero-order chi connectivity index (χ0) is 37.8. The Balaban J connectivity index is -0.000000835. The second-order valence-corrected chi connectivity index (χ2v) is 11.6. The number of amides is 2. The van der Waals surface area contributed by atoms with Gasteiger partial charge in [0.15, 0.2) is 0 Å². The van der Waals surface area contributed by atoms with Crippen LogP contribution in [-0.4, -0.2) is 104 Å². The number of carbonyl (C=O) groups is 6. The standard InChI is InChI=1S/C17H27NO6.C15H23NO6.CH4S.2CH4/c1-6-23-17(21)13-7-12(9-15(20)22-5)16(18-11(4)19)14(8-13)24-10(2)3;1-8(2)22-12-6-11(15(19)20)5-10(7-13(18)21-4)14(12)16-9(3)17;1-2;;/h8,10,12,14,16H,6-7,9H2,1-5H3,(H,18,19);6,8,10,12,14H,5,7H2,1-4H3,(H,16,17)(H,19,20);2H,1H3;2*1H4/t12-,14-,16-;10-,12-,14-;;;/m11.../s1/i1T;;;;. The highest BCUT2D eigenvalue weighted by Crippen LogP contribution is 2.32. The van der Waals surface area contributed by atoms with Crippen molar-refractivity contribution in [3.8, 4) is 0 Å². The zero-order valence-corrected chi connectivity index (χ0v) is 30.3. The highest BCUT2D eigenvalue weighted by Gasteiger charge is 2.39. The van der Waals surface area contributed by atoms with E-state index in [0.29, 0.717) is 5.57 Å². The molecule has 0 unspecified atom stereocenters. The summed E-state index contributed by atoms with van der Waals surface area (Å²) in [5.74, 6) is -3.70. The highest BCUT2D eigenvalue weighted by molar-refractivity contribution is 7.79. The molecule has 290 valence electrons. The van der Waals surface area contributed by atoms with E-state index in [4.69, 9.17) is 20.3 Å². The molecular weight excluding hydrogens is 672 g/mol. The summed E-state index contributed by atoms with van der Waals surface area (Å²) in [6.45, 7) is 10.1. The van der Waals surface area contributed by atoms with Gasteiger partial charge in [0, 0.05) is 26.4 Å². The summed E-state index contributed by atoms with van der Waals surface area (Å²) >= 11 is 3.53. The Kier molecular flexibility index (Phi) is 25.7. The van der Waals surface area contributed by atoms with Crippen molar-refractivity contribution in [2.75, 3.05) is 27.1 Å². The molecule has 14 nitrogen and oxygen atoms in total. The second-order valence-electron chi connectivity index (χ2n) is 11.6. The maximum Gasteiger partial charge on any atom is 0.333 e. The average molecular weight is 737 g/mol. The summed E-state index contributed by atoms with van der Waals surface area (Å²) in [6.07, 6.45) is 3.89. The van der Waals surface area contributed by atoms with Crippen molar-refractivity contribution in [2.24, 2.45) is 11.8 Å². The molecule has 0 fully saturated rings. The summed E-state index contributed by atoms with van der Waals surface area (Å²) in [4.78, 5) is 69.8. The van der Waals surface area contributed by atoms with E-state index in [9.17, 15) is 33.9 Å². The van der Waals surface area contributed by atoms with Gasteiger partial charge in [-0.05, 0) is 77.7 Å². The van der Waals surface area contributed by atoms with Crippen LogP contribution in [0.25, 0.3) is 0 Å². The lowest BCUT2D eigenvalue weighted by molar-refractivity contribution is -0.144. The molecule has 0 aromatic rings. The minimum Gasteiger partial charge on any atom is -0.478 e. The number of hydrogen-bond donors (Lipinski definition) is 4. The van der Waals surface area contributed by atoms with E-state index in [-0.39, 0.29) is 89.6 Å². The fraction of sp³-hybridized carbons (Fsp3) is 0.714. The Morgan fingerprint density at radius 2 is 1.18 bits per heavy atom. The maximum absolute atomic E-state index is 12.2. The molecular formula is C35H62N2O12S. The van der Waals surface area contributed by atoms with Crippen LogP contribution in [0.3, 0.4) is 0 Å². The summed E-state index contributed by atoms with van der Waals surface area (Å²) in [5.41, 5.74) is 0.566. The number of ether oxygens (including phenoxy) is 5. The van der Waals surface area contributed by atoms with E-state index in [0.717, 1.165) is 0 Å². The van der Waals surface area contributed by atoms with E-state index in [1.807, 2.05) is 27.7 Å². The first-order valence-corrected chi connectivity index (χ1v) is 16.5. The lowest BCUT2D eigenvalue weighted by atomic mass is 9.80. The summed E-state index contributed by atoms with van der Waals surface area (Å²) in [5, 5.41) is 14.8. The molecule has 15 heteroatoms. The topological polar surface area (TPSA) is 193 Å². The number of hydrogen-bond acceptors (Lipinski definition) is 12. The molecule has 3 N–H and O–H groups in total. The molecule has 0 aliphatic heterocycles. The average Bonchev–Trinajstić information content (AvgIpc) is 3.02. The summed E-state index contributed by atoms with van der Waals surface area (Å²) in [7, 11) is 2.56. The molecule has 0 aromatic carbocycles. The van der Waals surface area contributed by atoms with Crippen molar-refractivity contribution in [3.05, 3.63) is 23.3 Å². The molecule has 6 atom stereocenters. The van der Waals surface area contributed by atoms with E-state index in [1.54, 1.807) is 12.3 Å². The number of carboxylic acid groups (broad SMARTS) is 1. The van der Waals surface area contributed by atoms with Gasteiger partial charge in [-0.1, -0.05) is 14.9 Å². The lowest BCUT2D eigenvalue weighted by Gasteiger charge is -2.37. The third-order valence-electron chi connectivity index (χ3n) is 7.10. The number of thiol groups is 1. The first-order chi connectivity index (χ1) is 23.0. The van der Waals surface area contributed by atoms with Gasteiger partial charge < -0.3 is 39.4 Å². The van der Waals surface area contributed by atoms with Gasteiger partial charge in [0.05, 0.1) is 70.2 Å². The van der Waals surface area contributed by atoms with E-state index in [2.05, 4.69) is 28.0 Å². The number of nitrogens with one attached hydrogen (secondary N) is 2. The Morgan fingerprint density at radius 3 is 1.50 bits per heavy atom. The van der Waals surface area contributed by atoms with E-state index in [1.165, 1.54) is 34.1 Å². The smallest absolute Gasteiger partial charge is 0.333 e. The van der Waals surface area contributed by atoms with Crippen LogP contribution in [-0.2, 0) is 52.5 Å². The van der Waals surface area contributed by atoms with Crippen LogP contribution in [0.15, 0.2) is 23.3 Å². The normalized spacial score (nSPS) is 22.4. The molecule has 50 heavy (non-hydrogen) atoms. The summed E-state index contributed by atoms with van der Waals surface area (Å²) in [6, 6.07) is -0.922. The van der Waals surface area contributed by atoms with Crippen LogP contribution >= 0.6 is 12.6 Å². The molecule has 0 saturated heterocycles. The lowest BCUT2D eigenvalue weighted by Crippen LogP contribution is -2.51. The van der Waals surface area contributed by atoms with Gasteiger partial charge in [-0.2, -0.15) is 12.6 Å². The van der Waals surface area contributed by atoms with Crippen molar-refractivity contribution in [1.29, 1.82) is 0 Å². The van der Waals surface area contributed by atoms with Crippen LogP contribution in [0.2, 0.25) is 0 Å². The number of carboxylic acids is 1. The number of methoxy groups -OCH3 is 2. The van der Waals surface area contributed by atoms with Crippen LogP contribution in [0, 0.1) is 11.8 Å². The molecule has 0 saturated carbocycles. The monoisotopic (exact) mass is 736 g/mol. The van der Waals surface area contributed by atoms with Gasteiger partial charge in [-0.25, -0.2) is 9.59 Å². The predicted molar refractivity (Wildman–Crippen MR) is 194 cm³/mol. The largest absolute Gasteiger partial charge is 0.478 e. The van der Waals surface area contributed by atoms with Crippen molar-refractivity contribution in [3.63, 3.8) is 0 Å². The Labute approximate surface area is 305 Å². The molecule has 2 aliphatic rings. The Morgan fingerprint density at radius 1 is 0.800 bits per heavy atom. The number of esters is 3. The minimum atomic E-state index is -1.05. The van der Waals surface area contributed by atoms with Crippen LogP contribution in [0.4, 0.5) is 0 Å². The van der Waals surface area contributed by atoms with Gasteiger partial charge in [-0.3, -0.25) is 19.2 Å². The minimum absolute atomic E-state index is 0. The van der Waals surface area contributed by atoms with Gasteiger partial charge in [0.2, 0.25) is 11.8 Å².